The lowest BCUT2D eigenvalue weighted by molar-refractivity contribution is 1.19. The number of hydrogen-bond donors (Lipinski definition) is 2. The normalized spacial score (nSPS) is 13.0. The van der Waals surface area contributed by atoms with Crippen molar-refractivity contribution in [3.8, 4) is 16.8 Å². The summed E-state index contributed by atoms with van der Waals surface area (Å²) in [4.78, 5) is 0. The van der Waals surface area contributed by atoms with Gasteiger partial charge in [-0.1, -0.05) is 115 Å². The molecule has 0 aliphatic rings. The highest BCUT2D eigenvalue weighted by Crippen LogP contribution is 2.39. The van der Waals surface area contributed by atoms with Crippen LogP contribution in [0.3, 0.4) is 0 Å². The van der Waals surface area contributed by atoms with Crippen LogP contribution in [-0.4, -0.2) is 4.57 Å². The van der Waals surface area contributed by atoms with Crippen LogP contribution < -0.4 is 11.5 Å². The molecule has 0 bridgehead atoms. The van der Waals surface area contributed by atoms with Crippen LogP contribution in [0, 0.1) is 0 Å². The maximum Gasteiger partial charge on any atom is 0.0619 e. The van der Waals surface area contributed by atoms with Crippen LogP contribution in [0.25, 0.3) is 67.2 Å². The summed E-state index contributed by atoms with van der Waals surface area (Å²) in [5, 5.41) is 4.80. The maximum atomic E-state index is 6.41. The van der Waals surface area contributed by atoms with Gasteiger partial charge in [-0.05, 0) is 95.7 Å². The molecule has 5 aromatic carbocycles. The van der Waals surface area contributed by atoms with Gasteiger partial charge in [-0.3, -0.25) is 0 Å². The molecule has 45 heavy (non-hydrogen) atoms. The number of hydrogen-bond acceptors (Lipinski definition) is 2. The van der Waals surface area contributed by atoms with Crippen molar-refractivity contribution in [2.24, 2.45) is 11.5 Å². The number of rotatable bonds is 8. The summed E-state index contributed by atoms with van der Waals surface area (Å²) in [5.41, 5.74) is 21.8. The Hall–Kier alpha value is -5.80. The Morgan fingerprint density at radius 1 is 0.622 bits per heavy atom. The fraction of sp³-hybridized carbons (Fsp3) is 0.0476. The van der Waals surface area contributed by atoms with Crippen molar-refractivity contribution in [2.45, 2.75) is 13.8 Å². The Labute approximate surface area is 265 Å². The minimum Gasteiger partial charge on any atom is -0.405 e. The number of benzene rings is 5. The molecule has 3 heteroatoms. The van der Waals surface area contributed by atoms with E-state index in [1.165, 1.54) is 50.1 Å². The van der Waals surface area contributed by atoms with Crippen molar-refractivity contribution < 1.29 is 0 Å². The molecule has 0 radical (unpaired) electrons. The zero-order valence-electron chi connectivity index (χ0n) is 25.7. The highest BCUT2D eigenvalue weighted by atomic mass is 15.0. The summed E-state index contributed by atoms with van der Waals surface area (Å²) in [6, 6.07) is 35.1. The van der Waals surface area contributed by atoms with Crippen LogP contribution >= 0.6 is 0 Å². The van der Waals surface area contributed by atoms with Gasteiger partial charge < -0.3 is 16.0 Å². The number of allylic oxidation sites excluding steroid dienone is 8. The largest absolute Gasteiger partial charge is 0.405 e. The smallest absolute Gasteiger partial charge is 0.0619 e. The predicted molar refractivity (Wildman–Crippen MR) is 197 cm³/mol. The summed E-state index contributed by atoms with van der Waals surface area (Å²) in [6.45, 7) is 4.04. The molecule has 0 saturated carbocycles. The summed E-state index contributed by atoms with van der Waals surface area (Å²) >= 11 is 0. The van der Waals surface area contributed by atoms with Crippen LogP contribution in [0.15, 0.2) is 152 Å². The van der Waals surface area contributed by atoms with Gasteiger partial charge >= 0.3 is 0 Å². The van der Waals surface area contributed by atoms with Crippen LogP contribution in [0.2, 0.25) is 0 Å². The minimum atomic E-state index is 0.751. The second kappa shape index (κ2) is 13.2. The molecule has 0 aliphatic carbocycles. The van der Waals surface area contributed by atoms with E-state index in [1.807, 2.05) is 56.4 Å². The molecule has 0 aliphatic heterocycles. The maximum absolute atomic E-state index is 6.41. The van der Waals surface area contributed by atoms with Crippen molar-refractivity contribution in [1.29, 1.82) is 0 Å². The van der Waals surface area contributed by atoms with E-state index < -0.39 is 0 Å². The number of para-hydroxylation sites is 1. The average molecular weight is 584 g/mol. The van der Waals surface area contributed by atoms with E-state index in [0.717, 1.165) is 27.9 Å². The van der Waals surface area contributed by atoms with Crippen molar-refractivity contribution in [3.05, 3.63) is 169 Å². The third-order valence-electron chi connectivity index (χ3n) is 8.05. The lowest BCUT2D eigenvalue weighted by Crippen LogP contribution is -1.97. The third-order valence-corrected chi connectivity index (χ3v) is 8.05. The lowest BCUT2D eigenvalue weighted by atomic mass is 9.97. The molecule has 0 unspecified atom stereocenters. The van der Waals surface area contributed by atoms with E-state index >= 15 is 0 Å². The zero-order chi connectivity index (χ0) is 31.2. The number of nitrogens with two attached hydrogens (primary N) is 2. The number of aromatic nitrogens is 1. The van der Waals surface area contributed by atoms with Crippen molar-refractivity contribution in [1.82, 2.24) is 4.57 Å². The predicted octanol–water partition coefficient (Wildman–Crippen LogP) is 10.6. The Bertz CT molecular complexity index is 2180. The van der Waals surface area contributed by atoms with Gasteiger partial charge in [0.1, 0.15) is 0 Å². The zero-order valence-corrected chi connectivity index (χ0v) is 25.7. The fourth-order valence-electron chi connectivity index (χ4n) is 5.92. The highest BCUT2D eigenvalue weighted by molar-refractivity contribution is 6.19. The number of fused-ring (bicyclic) bond motifs is 5. The molecule has 0 spiro atoms. The van der Waals surface area contributed by atoms with Gasteiger partial charge in [0, 0.05) is 27.5 Å². The first-order valence-corrected chi connectivity index (χ1v) is 15.3. The molecule has 3 nitrogen and oxygen atoms in total. The summed E-state index contributed by atoms with van der Waals surface area (Å²) in [7, 11) is 0. The Morgan fingerprint density at radius 3 is 2.18 bits per heavy atom. The van der Waals surface area contributed by atoms with E-state index in [-0.39, 0.29) is 0 Å². The van der Waals surface area contributed by atoms with E-state index in [0.29, 0.717) is 0 Å². The second-order valence-corrected chi connectivity index (χ2v) is 10.9. The Kier molecular flexibility index (Phi) is 8.61. The van der Waals surface area contributed by atoms with Gasteiger partial charge in [0.05, 0.1) is 11.0 Å². The van der Waals surface area contributed by atoms with Gasteiger partial charge in [-0.15, -0.1) is 0 Å². The molecule has 0 saturated heterocycles. The van der Waals surface area contributed by atoms with Gasteiger partial charge in [0.2, 0.25) is 0 Å². The van der Waals surface area contributed by atoms with Crippen molar-refractivity contribution >= 4 is 50.4 Å². The Balaban J connectivity index is 1.56. The van der Waals surface area contributed by atoms with E-state index in [2.05, 4.69) is 120 Å². The molecule has 6 rings (SSSR count). The van der Waals surface area contributed by atoms with Gasteiger partial charge in [-0.25, -0.2) is 0 Å². The van der Waals surface area contributed by atoms with Gasteiger partial charge in [0.15, 0.2) is 0 Å². The first kappa shape index (κ1) is 29.3. The van der Waals surface area contributed by atoms with Gasteiger partial charge in [0.25, 0.3) is 0 Å². The highest BCUT2D eigenvalue weighted by Gasteiger charge is 2.16. The minimum absolute atomic E-state index is 0.751. The molecule has 0 fully saturated rings. The van der Waals surface area contributed by atoms with Crippen LogP contribution in [-0.2, 0) is 0 Å². The molecular formula is C42H37N3. The molecule has 0 amide bonds. The van der Waals surface area contributed by atoms with Crippen LogP contribution in [0.5, 0.6) is 0 Å². The summed E-state index contributed by atoms with van der Waals surface area (Å²) in [6.07, 6.45) is 21.6. The summed E-state index contributed by atoms with van der Waals surface area (Å²) in [5.74, 6) is 0. The number of nitrogens with zero attached hydrogens (tertiary/aromatic N) is 1. The SMILES string of the molecule is C/C=C\C=C(/N)c1ccc2c(ccc3c4ccc(-c5ccc(/C=C/C)c(\C=C/C=C\C=C/N)c5)cc4n(-c4ccccc4)c23)c1. The average Bonchev–Trinajstić information content (AvgIpc) is 3.42. The molecule has 4 N–H and O–H groups in total. The van der Waals surface area contributed by atoms with Crippen LogP contribution in [0.1, 0.15) is 30.5 Å². The van der Waals surface area contributed by atoms with Crippen molar-refractivity contribution in [3.63, 3.8) is 0 Å². The Morgan fingerprint density at radius 2 is 1.38 bits per heavy atom. The van der Waals surface area contributed by atoms with E-state index in [9.17, 15) is 0 Å². The third kappa shape index (κ3) is 5.89. The lowest BCUT2D eigenvalue weighted by Gasteiger charge is -2.12. The standard InChI is InChI=1S/C42H37N3/c1-3-5-17-40(44)35-22-23-37-34(28-35)21-25-39-38-24-20-33(29-41(38)45(42(37)39)36-15-10-8-11-16-36)32-19-18-30(13-4-2)31(27-32)14-9-6-7-12-26-43/h3-29H,43-44H2,1-2H3/b5-3-,7-6-,13-4+,14-9-,26-12-,40-17-. The quantitative estimate of drug-likeness (QED) is 0.175. The topological polar surface area (TPSA) is 57.0 Å². The van der Waals surface area contributed by atoms with Gasteiger partial charge in [-0.2, -0.15) is 0 Å². The molecule has 0 atom stereocenters. The molecule has 1 heterocycles. The van der Waals surface area contributed by atoms with E-state index in [4.69, 9.17) is 11.5 Å². The van der Waals surface area contributed by atoms with Crippen molar-refractivity contribution in [2.75, 3.05) is 0 Å². The molecule has 220 valence electrons. The van der Waals surface area contributed by atoms with E-state index in [1.54, 1.807) is 0 Å². The first-order valence-electron chi connectivity index (χ1n) is 15.3. The summed E-state index contributed by atoms with van der Waals surface area (Å²) < 4.78 is 2.40. The first-order chi connectivity index (χ1) is 22.1. The van der Waals surface area contributed by atoms with Crippen LogP contribution in [0.4, 0.5) is 0 Å². The fourth-order valence-corrected chi connectivity index (χ4v) is 5.92. The molecule has 6 aromatic rings. The second-order valence-electron chi connectivity index (χ2n) is 10.9. The molecule has 1 aromatic heterocycles. The monoisotopic (exact) mass is 583 g/mol. The molecular weight excluding hydrogens is 546 g/mol.